The van der Waals surface area contributed by atoms with Crippen LogP contribution in [0.2, 0.25) is 10.0 Å². The molecule has 92 valence electrons. The predicted octanol–water partition coefficient (Wildman–Crippen LogP) is 3.49. The third-order valence-electron chi connectivity index (χ3n) is 2.04. The van der Waals surface area contributed by atoms with Gasteiger partial charge in [0.2, 0.25) is 0 Å². The van der Waals surface area contributed by atoms with E-state index in [1.54, 1.807) is 31.2 Å². The third kappa shape index (κ3) is 4.29. The molecule has 0 aliphatic heterocycles. The number of carbonyl (C=O) groups excluding carboxylic acids is 1. The molecule has 0 saturated heterocycles. The largest absolute Gasteiger partial charge is 0.489 e. The van der Waals surface area contributed by atoms with Crippen LogP contribution in [0.1, 0.15) is 6.92 Å². The lowest BCUT2D eigenvalue weighted by Gasteiger charge is -2.05. The molecule has 0 radical (unpaired) electrons. The van der Waals surface area contributed by atoms with Crippen molar-refractivity contribution in [3.63, 3.8) is 0 Å². The summed E-state index contributed by atoms with van der Waals surface area (Å²) in [7, 11) is 1.33. The van der Waals surface area contributed by atoms with Crippen LogP contribution in [-0.4, -0.2) is 19.7 Å². The number of halogens is 2. The second-order valence-electron chi connectivity index (χ2n) is 3.27. The van der Waals surface area contributed by atoms with Gasteiger partial charge in [0.25, 0.3) is 0 Å². The van der Waals surface area contributed by atoms with E-state index >= 15 is 0 Å². The summed E-state index contributed by atoms with van der Waals surface area (Å²) in [5.41, 5.74) is 0.493. The molecule has 0 aliphatic carbocycles. The highest BCUT2D eigenvalue weighted by Gasteiger charge is 2.03. The first-order valence-corrected chi connectivity index (χ1v) is 5.63. The second kappa shape index (κ2) is 6.52. The maximum Gasteiger partial charge on any atom is 0.333 e. The van der Waals surface area contributed by atoms with Crippen LogP contribution >= 0.6 is 23.2 Å². The Kier molecular flexibility index (Phi) is 5.32. The quantitative estimate of drug-likeness (QED) is 0.623. The highest BCUT2D eigenvalue weighted by molar-refractivity contribution is 6.42. The predicted molar refractivity (Wildman–Crippen MR) is 67.7 cm³/mol. The van der Waals surface area contributed by atoms with Gasteiger partial charge in [-0.1, -0.05) is 23.2 Å². The van der Waals surface area contributed by atoms with Gasteiger partial charge in [0.15, 0.2) is 0 Å². The van der Waals surface area contributed by atoms with Crippen LogP contribution in [0.4, 0.5) is 0 Å². The summed E-state index contributed by atoms with van der Waals surface area (Å²) in [4.78, 5) is 11.1. The van der Waals surface area contributed by atoms with Gasteiger partial charge in [0.1, 0.15) is 12.4 Å². The molecule has 0 atom stereocenters. The molecule has 0 fully saturated rings. The van der Waals surface area contributed by atoms with E-state index in [1.807, 2.05) is 0 Å². The van der Waals surface area contributed by atoms with E-state index in [4.69, 9.17) is 27.9 Å². The lowest BCUT2D eigenvalue weighted by Crippen LogP contribution is -2.04. The normalized spacial score (nSPS) is 11.2. The lowest BCUT2D eigenvalue weighted by molar-refractivity contribution is -0.136. The highest BCUT2D eigenvalue weighted by atomic mass is 35.5. The van der Waals surface area contributed by atoms with Crippen molar-refractivity contribution in [3.8, 4) is 5.75 Å². The van der Waals surface area contributed by atoms with Crippen molar-refractivity contribution in [1.29, 1.82) is 0 Å². The van der Waals surface area contributed by atoms with Gasteiger partial charge in [-0.15, -0.1) is 0 Å². The van der Waals surface area contributed by atoms with Gasteiger partial charge in [-0.2, -0.15) is 0 Å². The summed E-state index contributed by atoms with van der Waals surface area (Å²) in [6, 6.07) is 4.97. The summed E-state index contributed by atoms with van der Waals surface area (Å²) in [5, 5.41) is 0.901. The first-order chi connectivity index (χ1) is 8.04. The Morgan fingerprint density at radius 3 is 2.65 bits per heavy atom. The van der Waals surface area contributed by atoms with Gasteiger partial charge in [0, 0.05) is 11.6 Å². The first kappa shape index (κ1) is 13.9. The first-order valence-electron chi connectivity index (χ1n) is 4.87. The smallest absolute Gasteiger partial charge is 0.333 e. The Bertz CT molecular complexity index is 441. The van der Waals surface area contributed by atoms with Crippen molar-refractivity contribution in [2.45, 2.75) is 6.92 Å². The lowest BCUT2D eigenvalue weighted by atomic mass is 10.3. The summed E-state index contributed by atoms with van der Waals surface area (Å²) in [6.45, 7) is 1.92. The summed E-state index contributed by atoms with van der Waals surface area (Å²) in [6.07, 6.45) is 1.63. The van der Waals surface area contributed by atoms with Crippen molar-refractivity contribution in [2.24, 2.45) is 0 Å². The van der Waals surface area contributed by atoms with Crippen LogP contribution in [0, 0.1) is 0 Å². The van der Waals surface area contributed by atoms with E-state index in [0.717, 1.165) is 0 Å². The fourth-order valence-corrected chi connectivity index (χ4v) is 1.36. The topological polar surface area (TPSA) is 35.5 Å². The van der Waals surface area contributed by atoms with E-state index < -0.39 is 0 Å². The molecule has 1 aromatic carbocycles. The number of hydrogen-bond acceptors (Lipinski definition) is 3. The molecule has 5 heteroatoms. The van der Waals surface area contributed by atoms with Gasteiger partial charge in [-0.05, 0) is 25.1 Å². The average molecular weight is 275 g/mol. The van der Waals surface area contributed by atoms with Crippen molar-refractivity contribution in [3.05, 3.63) is 39.9 Å². The van der Waals surface area contributed by atoms with Gasteiger partial charge in [0.05, 0.1) is 17.2 Å². The molecular formula is C12H12Cl2O3. The number of esters is 1. The molecule has 0 spiro atoms. The number of benzene rings is 1. The average Bonchev–Trinajstić information content (AvgIpc) is 2.32. The van der Waals surface area contributed by atoms with Crippen LogP contribution < -0.4 is 4.74 Å². The molecule has 0 aliphatic rings. The molecule has 1 rings (SSSR count). The molecule has 0 N–H and O–H groups in total. The molecule has 0 saturated carbocycles. The van der Waals surface area contributed by atoms with E-state index in [1.165, 1.54) is 7.11 Å². The minimum Gasteiger partial charge on any atom is -0.489 e. The monoisotopic (exact) mass is 274 g/mol. The van der Waals surface area contributed by atoms with Crippen molar-refractivity contribution in [2.75, 3.05) is 13.7 Å². The Morgan fingerprint density at radius 1 is 1.35 bits per heavy atom. The standard InChI is InChI=1S/C12H12Cl2O3/c1-8(12(15)16-2)5-6-17-9-3-4-10(13)11(14)7-9/h3-5,7H,6H2,1-2H3. The molecule has 1 aromatic rings. The molecule has 0 amide bonds. The van der Waals surface area contributed by atoms with Gasteiger partial charge >= 0.3 is 5.97 Å². The minimum atomic E-state index is -0.372. The van der Waals surface area contributed by atoms with Crippen molar-refractivity contribution in [1.82, 2.24) is 0 Å². The van der Waals surface area contributed by atoms with Gasteiger partial charge in [-0.3, -0.25) is 0 Å². The van der Waals surface area contributed by atoms with E-state index in [-0.39, 0.29) is 12.6 Å². The number of methoxy groups -OCH3 is 1. The van der Waals surface area contributed by atoms with E-state index in [2.05, 4.69) is 4.74 Å². The van der Waals surface area contributed by atoms with E-state index in [9.17, 15) is 4.79 Å². The summed E-state index contributed by atoms with van der Waals surface area (Å²) in [5.74, 6) is 0.219. The zero-order chi connectivity index (χ0) is 12.8. The fraction of sp³-hybridized carbons (Fsp3) is 0.250. The van der Waals surface area contributed by atoms with Crippen molar-refractivity contribution >= 4 is 29.2 Å². The number of carbonyl (C=O) groups is 1. The molecule has 0 aromatic heterocycles. The fourth-order valence-electron chi connectivity index (χ4n) is 1.07. The SMILES string of the molecule is COC(=O)C(C)=CCOc1ccc(Cl)c(Cl)c1. The van der Waals surface area contributed by atoms with Gasteiger partial charge < -0.3 is 9.47 Å². The second-order valence-corrected chi connectivity index (χ2v) is 4.08. The van der Waals surface area contributed by atoms with Gasteiger partial charge in [-0.25, -0.2) is 4.79 Å². The van der Waals surface area contributed by atoms with E-state index in [0.29, 0.717) is 21.4 Å². The third-order valence-corrected chi connectivity index (χ3v) is 2.78. The van der Waals surface area contributed by atoms with Crippen LogP contribution in [0.25, 0.3) is 0 Å². The Balaban J connectivity index is 2.56. The maximum absolute atomic E-state index is 11.1. The Hall–Kier alpha value is -1.19. The van der Waals surface area contributed by atoms with Crippen LogP contribution in [0.15, 0.2) is 29.8 Å². The zero-order valence-electron chi connectivity index (χ0n) is 9.50. The molecular weight excluding hydrogens is 263 g/mol. The molecule has 0 unspecified atom stereocenters. The van der Waals surface area contributed by atoms with Crippen molar-refractivity contribution < 1.29 is 14.3 Å². The Morgan fingerprint density at radius 2 is 2.06 bits per heavy atom. The minimum absolute atomic E-state index is 0.263. The zero-order valence-corrected chi connectivity index (χ0v) is 11.0. The van der Waals surface area contributed by atoms with Crippen LogP contribution in [0.5, 0.6) is 5.75 Å². The van der Waals surface area contributed by atoms with Crippen LogP contribution in [0.3, 0.4) is 0 Å². The molecule has 0 heterocycles. The highest BCUT2D eigenvalue weighted by Crippen LogP contribution is 2.26. The molecule has 3 nitrogen and oxygen atoms in total. The molecule has 17 heavy (non-hydrogen) atoms. The van der Waals surface area contributed by atoms with Crippen LogP contribution in [-0.2, 0) is 9.53 Å². The molecule has 0 bridgehead atoms. The Labute approximate surface area is 110 Å². The number of rotatable bonds is 4. The summed E-state index contributed by atoms with van der Waals surface area (Å²) >= 11 is 11.6. The maximum atomic E-state index is 11.1. The number of hydrogen-bond donors (Lipinski definition) is 0. The summed E-state index contributed by atoms with van der Waals surface area (Å²) < 4.78 is 9.93. The number of ether oxygens (including phenoxy) is 2.